The van der Waals surface area contributed by atoms with E-state index >= 15 is 0 Å². The molecule has 1 heterocycles. The fourth-order valence-corrected chi connectivity index (χ4v) is 4.36. The molecule has 0 spiro atoms. The van der Waals surface area contributed by atoms with Gasteiger partial charge < -0.3 is 5.32 Å². The van der Waals surface area contributed by atoms with E-state index < -0.39 is 10.0 Å². The van der Waals surface area contributed by atoms with Gasteiger partial charge in [-0.25, -0.2) is 8.42 Å². The molecule has 0 bridgehead atoms. The summed E-state index contributed by atoms with van der Waals surface area (Å²) in [6.07, 6.45) is 0.855. The number of nitrogens with zero attached hydrogens (tertiary/aromatic N) is 2. The standard InChI is InChI=1S/C14H19N3O2S/c1-11-4-3-5-14(13(11)8-15)20(18,19)17-7-6-12(10-17)9-16-2/h3-5,12,16H,6-7,9-10H2,1-2H3. The first-order valence-electron chi connectivity index (χ1n) is 6.65. The van der Waals surface area contributed by atoms with E-state index in [0.717, 1.165) is 13.0 Å². The van der Waals surface area contributed by atoms with Crippen molar-refractivity contribution in [1.82, 2.24) is 9.62 Å². The van der Waals surface area contributed by atoms with Crippen molar-refractivity contribution in [1.29, 1.82) is 5.26 Å². The second kappa shape index (κ2) is 5.92. The molecule has 1 aliphatic rings. The molecule has 1 fully saturated rings. The van der Waals surface area contributed by atoms with Crippen LogP contribution in [0.15, 0.2) is 23.1 Å². The van der Waals surface area contributed by atoms with Gasteiger partial charge in [0.25, 0.3) is 0 Å². The van der Waals surface area contributed by atoms with Gasteiger partial charge in [0.15, 0.2) is 0 Å². The van der Waals surface area contributed by atoms with Gasteiger partial charge in [0.2, 0.25) is 10.0 Å². The van der Waals surface area contributed by atoms with Crippen LogP contribution in [0.2, 0.25) is 0 Å². The molecule has 1 saturated heterocycles. The highest BCUT2D eigenvalue weighted by atomic mass is 32.2. The van der Waals surface area contributed by atoms with Crippen LogP contribution in [-0.2, 0) is 10.0 Å². The average molecular weight is 293 g/mol. The maximum absolute atomic E-state index is 12.7. The molecule has 1 aromatic rings. The van der Waals surface area contributed by atoms with Crippen LogP contribution in [0.25, 0.3) is 0 Å². The molecular weight excluding hydrogens is 274 g/mol. The van der Waals surface area contributed by atoms with E-state index in [1.54, 1.807) is 19.1 Å². The maximum Gasteiger partial charge on any atom is 0.244 e. The summed E-state index contributed by atoms with van der Waals surface area (Å²) in [4.78, 5) is 0.130. The largest absolute Gasteiger partial charge is 0.319 e. The van der Waals surface area contributed by atoms with Gasteiger partial charge in [-0.05, 0) is 44.5 Å². The first-order chi connectivity index (χ1) is 9.50. The van der Waals surface area contributed by atoms with Crippen molar-refractivity contribution >= 4 is 10.0 Å². The third-order valence-electron chi connectivity index (χ3n) is 3.71. The summed E-state index contributed by atoms with van der Waals surface area (Å²) in [5.74, 6) is 0.338. The second-order valence-electron chi connectivity index (χ2n) is 5.14. The molecule has 1 aromatic carbocycles. The highest BCUT2D eigenvalue weighted by Gasteiger charge is 2.33. The van der Waals surface area contributed by atoms with Crippen molar-refractivity contribution in [3.8, 4) is 6.07 Å². The van der Waals surface area contributed by atoms with Gasteiger partial charge in [-0.3, -0.25) is 0 Å². The Morgan fingerprint density at radius 3 is 2.90 bits per heavy atom. The predicted molar refractivity (Wildman–Crippen MR) is 76.7 cm³/mol. The lowest BCUT2D eigenvalue weighted by Gasteiger charge is -2.18. The zero-order chi connectivity index (χ0) is 14.8. The lowest BCUT2D eigenvalue weighted by Crippen LogP contribution is -2.31. The third-order valence-corrected chi connectivity index (χ3v) is 5.61. The van der Waals surface area contributed by atoms with E-state index in [-0.39, 0.29) is 10.5 Å². The molecule has 1 unspecified atom stereocenters. The Balaban J connectivity index is 2.33. The van der Waals surface area contributed by atoms with Gasteiger partial charge in [-0.2, -0.15) is 9.57 Å². The Kier molecular flexibility index (Phi) is 4.43. The van der Waals surface area contributed by atoms with Crippen LogP contribution >= 0.6 is 0 Å². The minimum Gasteiger partial charge on any atom is -0.319 e. The fraction of sp³-hybridized carbons (Fsp3) is 0.500. The van der Waals surface area contributed by atoms with E-state index in [0.29, 0.717) is 24.6 Å². The predicted octanol–water partition coefficient (Wildman–Crippen LogP) is 1.10. The molecular formula is C14H19N3O2S. The Labute approximate surface area is 120 Å². The zero-order valence-electron chi connectivity index (χ0n) is 11.8. The van der Waals surface area contributed by atoms with Gasteiger partial charge >= 0.3 is 0 Å². The summed E-state index contributed by atoms with van der Waals surface area (Å²) < 4.78 is 26.8. The molecule has 0 amide bonds. The summed E-state index contributed by atoms with van der Waals surface area (Å²) in [7, 11) is -1.71. The Bertz CT molecular complexity index is 634. The third kappa shape index (κ3) is 2.70. The number of nitrogens with one attached hydrogen (secondary N) is 1. The number of hydrogen-bond donors (Lipinski definition) is 1. The van der Waals surface area contributed by atoms with Gasteiger partial charge in [0.05, 0.1) is 5.56 Å². The molecule has 1 N–H and O–H groups in total. The topological polar surface area (TPSA) is 73.2 Å². The van der Waals surface area contributed by atoms with E-state index in [9.17, 15) is 13.7 Å². The first-order valence-corrected chi connectivity index (χ1v) is 8.09. The van der Waals surface area contributed by atoms with Crippen molar-refractivity contribution < 1.29 is 8.42 Å². The van der Waals surface area contributed by atoms with Crippen LogP contribution in [0.4, 0.5) is 0 Å². The highest BCUT2D eigenvalue weighted by Crippen LogP contribution is 2.27. The van der Waals surface area contributed by atoms with Crippen LogP contribution in [0.1, 0.15) is 17.5 Å². The number of sulfonamides is 1. The molecule has 6 heteroatoms. The molecule has 1 atom stereocenters. The summed E-state index contributed by atoms with van der Waals surface area (Å²) in [6.45, 7) is 3.60. The van der Waals surface area contributed by atoms with Crippen molar-refractivity contribution in [3.63, 3.8) is 0 Å². The highest BCUT2D eigenvalue weighted by molar-refractivity contribution is 7.89. The molecule has 0 aromatic heterocycles. The van der Waals surface area contributed by atoms with Crippen molar-refractivity contribution in [2.24, 2.45) is 5.92 Å². The summed E-state index contributed by atoms with van der Waals surface area (Å²) in [6, 6.07) is 6.97. The molecule has 20 heavy (non-hydrogen) atoms. The average Bonchev–Trinajstić information content (AvgIpc) is 2.88. The smallest absolute Gasteiger partial charge is 0.244 e. The van der Waals surface area contributed by atoms with Gasteiger partial charge in [-0.1, -0.05) is 12.1 Å². The Morgan fingerprint density at radius 2 is 2.25 bits per heavy atom. The van der Waals surface area contributed by atoms with Crippen molar-refractivity contribution in [2.75, 3.05) is 26.7 Å². The summed E-state index contributed by atoms with van der Waals surface area (Å²) >= 11 is 0. The van der Waals surface area contributed by atoms with Crippen LogP contribution < -0.4 is 5.32 Å². The van der Waals surface area contributed by atoms with Gasteiger partial charge in [0.1, 0.15) is 11.0 Å². The van der Waals surface area contributed by atoms with Crippen LogP contribution in [-0.4, -0.2) is 39.4 Å². The van der Waals surface area contributed by atoms with E-state index in [2.05, 4.69) is 5.32 Å². The molecule has 0 saturated carbocycles. The molecule has 2 rings (SSSR count). The van der Waals surface area contributed by atoms with Gasteiger partial charge in [-0.15, -0.1) is 0 Å². The summed E-state index contributed by atoms with van der Waals surface area (Å²) in [5.41, 5.74) is 0.948. The molecule has 0 radical (unpaired) electrons. The molecule has 0 aliphatic carbocycles. The van der Waals surface area contributed by atoms with E-state index in [4.69, 9.17) is 0 Å². The minimum atomic E-state index is -3.57. The normalized spacial score (nSPS) is 19.9. The van der Waals surface area contributed by atoms with Crippen LogP contribution in [0.5, 0.6) is 0 Å². The monoisotopic (exact) mass is 293 g/mol. The zero-order valence-corrected chi connectivity index (χ0v) is 12.6. The lowest BCUT2D eigenvalue weighted by atomic mass is 10.1. The minimum absolute atomic E-state index is 0.130. The Hall–Kier alpha value is -1.42. The molecule has 1 aliphatic heterocycles. The molecule has 5 nitrogen and oxygen atoms in total. The molecule has 108 valence electrons. The number of rotatable bonds is 4. The van der Waals surface area contributed by atoms with Crippen LogP contribution in [0, 0.1) is 24.2 Å². The second-order valence-corrected chi connectivity index (χ2v) is 7.04. The van der Waals surface area contributed by atoms with E-state index in [1.807, 2.05) is 13.1 Å². The SMILES string of the molecule is CNCC1CCN(S(=O)(=O)c2cccc(C)c2C#N)C1. The van der Waals surface area contributed by atoms with Crippen LogP contribution in [0.3, 0.4) is 0 Å². The Morgan fingerprint density at radius 1 is 1.50 bits per heavy atom. The van der Waals surface area contributed by atoms with Gasteiger partial charge in [0, 0.05) is 13.1 Å². The van der Waals surface area contributed by atoms with E-state index in [1.165, 1.54) is 10.4 Å². The maximum atomic E-state index is 12.7. The lowest BCUT2D eigenvalue weighted by molar-refractivity contribution is 0.451. The fourth-order valence-electron chi connectivity index (χ4n) is 2.61. The number of aryl methyl sites for hydroxylation is 1. The first kappa shape index (κ1) is 15.0. The number of benzene rings is 1. The number of hydrogen-bond acceptors (Lipinski definition) is 4. The van der Waals surface area contributed by atoms with Crippen molar-refractivity contribution in [2.45, 2.75) is 18.2 Å². The van der Waals surface area contributed by atoms with Crippen molar-refractivity contribution in [3.05, 3.63) is 29.3 Å². The quantitative estimate of drug-likeness (QED) is 0.902. The number of nitriles is 1. The summed E-state index contributed by atoms with van der Waals surface area (Å²) in [5, 5.41) is 12.3.